The molecule has 0 bridgehead atoms. The molecule has 1 heteroatoms. The van der Waals surface area contributed by atoms with Crippen LogP contribution in [0.25, 0.3) is 0 Å². The molecule has 16 heavy (non-hydrogen) atoms. The molecule has 0 nitrogen and oxygen atoms in total. The molecule has 0 amide bonds. The van der Waals surface area contributed by atoms with E-state index >= 15 is 0 Å². The molecule has 0 atom stereocenters. The van der Waals surface area contributed by atoms with Gasteiger partial charge in [-0.15, -0.1) is 0 Å². The summed E-state index contributed by atoms with van der Waals surface area (Å²) in [7, 11) is 0. The molecular weight excluding hydrogens is 239 g/mol. The molecule has 1 rings (SSSR count). The Kier molecular flexibility index (Phi) is 0.668. The van der Waals surface area contributed by atoms with Crippen molar-refractivity contribution < 1.29 is 5.20 Å². The second-order valence-corrected chi connectivity index (χ2v) is 67.0. The molecule has 0 unspecified atom stereocenters. The second kappa shape index (κ2) is 0.761. The summed E-state index contributed by atoms with van der Waals surface area (Å²) < 4.78 is 1.52. The van der Waals surface area contributed by atoms with Crippen LogP contribution in [0.5, 0.6) is 0 Å². The third-order valence-corrected chi connectivity index (χ3v) is 9.44. The summed E-state index contributed by atoms with van der Waals surface area (Å²) in [5.74, 6) is 24.9. The van der Waals surface area contributed by atoms with E-state index in [2.05, 4.69) is 77.2 Å². The molecule has 0 heterocycles. The summed E-state index contributed by atoms with van der Waals surface area (Å²) in [4.78, 5) is 0. The van der Waals surface area contributed by atoms with Crippen molar-refractivity contribution in [3.63, 3.8) is 0 Å². The molecular formula is C15H35Ni. The molecule has 0 aromatic carbocycles. The molecule has 0 radical (unpaired) electrons. The topological polar surface area (TPSA) is 0 Å². The maximum absolute atomic E-state index is 4.75. The van der Waals surface area contributed by atoms with E-state index in [9.17, 15) is 0 Å². The molecule has 0 aromatic rings. The molecule has 0 spiro atoms. The minimum absolute atomic E-state index is 1.04. The molecule has 0 N–H and O–H groups in total. The Morgan fingerprint density at radius 3 is 1.25 bits per heavy atom. The standard InChI is InChI=1S/C5H5.10CH3.Ni/c1-2-4-5-3-1;;;;;;;;;;;/h1-3H,4H2;10*1H3;. The van der Waals surface area contributed by atoms with Crippen LogP contribution in [0.2, 0.25) is 58.9 Å². The molecule has 0 saturated heterocycles. The Labute approximate surface area is 93.4 Å². The summed E-state index contributed by atoms with van der Waals surface area (Å²) >= 11 is 0. The first-order valence-electron chi connectivity index (χ1n) is 5.04. The molecule has 0 fully saturated rings. The van der Waals surface area contributed by atoms with Crippen molar-refractivity contribution in [3.8, 4) is 0 Å². The van der Waals surface area contributed by atoms with E-state index < -0.39 is 5.20 Å². The Hall–Kier alpha value is -0.0265. The monoisotopic (exact) mass is 273 g/mol. The Morgan fingerprint density at radius 1 is 0.750 bits per heavy atom. The van der Waals surface area contributed by atoms with Gasteiger partial charge in [0.25, 0.3) is 0 Å². The fraction of sp³-hybridized carbons (Fsp3) is 0.733. The van der Waals surface area contributed by atoms with Gasteiger partial charge in [0.2, 0.25) is 0 Å². The van der Waals surface area contributed by atoms with Crippen LogP contribution < -0.4 is 0 Å². The predicted octanol–water partition coefficient (Wildman–Crippen LogP) is 7.22. The van der Waals surface area contributed by atoms with Crippen LogP contribution in [0, 0.1) is 0 Å². The Balaban J connectivity index is 4.55. The Bertz CT molecular complexity index is 558. The fourth-order valence-electron chi connectivity index (χ4n) is 1.58. The SMILES string of the molecule is [CH3][Ni]([CH3])([CH3])([CH3])([CH3])([CH3])([CH3])([CH3])([CH3])([CH3])[C]1=CC=CC1. The summed E-state index contributed by atoms with van der Waals surface area (Å²) in [6.07, 6.45) is 7.83. The molecule has 0 saturated carbocycles. The molecule has 1 aliphatic carbocycles. The van der Waals surface area contributed by atoms with E-state index in [0.29, 0.717) is 0 Å². The van der Waals surface area contributed by atoms with Crippen molar-refractivity contribution in [1.29, 1.82) is 0 Å². The van der Waals surface area contributed by atoms with Gasteiger partial charge in [-0.3, -0.25) is 0 Å². The number of rotatable bonds is 1. The van der Waals surface area contributed by atoms with E-state index in [4.69, 9.17) is 0 Å². The van der Waals surface area contributed by atoms with Crippen molar-refractivity contribution in [2.24, 2.45) is 0 Å². The van der Waals surface area contributed by atoms with Gasteiger partial charge in [-0.05, 0) is 0 Å². The van der Waals surface area contributed by atoms with Gasteiger partial charge in [0.1, 0.15) is 0 Å². The average Bonchev–Trinajstić information content (AvgIpc) is 1.93. The summed E-state index contributed by atoms with van der Waals surface area (Å²) in [6, 6.07) is 0. The maximum atomic E-state index is 2.49. The number of hydrogen-bond donors (Lipinski definition) is 0. The van der Waals surface area contributed by atoms with E-state index in [0.717, 1.165) is 6.42 Å². The number of allylic oxidation sites excluding steroid dienone is 4. The van der Waals surface area contributed by atoms with Gasteiger partial charge >= 0.3 is 93.3 Å². The van der Waals surface area contributed by atoms with Crippen LogP contribution in [0.15, 0.2) is 22.8 Å². The average molecular weight is 274 g/mol. The first-order valence-corrected chi connectivity index (χ1v) is 15.4. The van der Waals surface area contributed by atoms with Gasteiger partial charge in [-0.25, -0.2) is 0 Å². The van der Waals surface area contributed by atoms with Crippen LogP contribution in [0.1, 0.15) is 6.42 Å². The zero-order chi connectivity index (χ0) is 13.7. The fourth-order valence-corrected chi connectivity index (χ4v) is 5.45. The molecule has 0 aromatic heterocycles. The first-order chi connectivity index (χ1) is 5.51. The van der Waals surface area contributed by atoms with Crippen molar-refractivity contribution in [1.82, 2.24) is 0 Å². The van der Waals surface area contributed by atoms with Gasteiger partial charge in [-0.2, -0.15) is 0 Å². The van der Waals surface area contributed by atoms with E-state index in [1.165, 1.54) is 4.54 Å². The van der Waals surface area contributed by atoms with E-state index in [1.54, 1.807) is 0 Å². The van der Waals surface area contributed by atoms with Gasteiger partial charge in [0, 0.05) is 0 Å². The van der Waals surface area contributed by atoms with Crippen LogP contribution in [-0.4, -0.2) is 0 Å². The normalized spacial score (nSPS) is 38.9. The quantitative estimate of drug-likeness (QED) is 0.443. The summed E-state index contributed by atoms with van der Waals surface area (Å²) in [6.45, 7) is 0. The van der Waals surface area contributed by atoms with Gasteiger partial charge in [0.15, 0.2) is 0 Å². The van der Waals surface area contributed by atoms with Gasteiger partial charge in [0.05, 0.1) is 0 Å². The molecule has 0 aliphatic heterocycles. The van der Waals surface area contributed by atoms with Gasteiger partial charge in [-0.1, -0.05) is 0 Å². The minimum atomic E-state index is -4.75. The molecule has 105 valence electrons. The zero-order valence-electron chi connectivity index (χ0n) is 13.3. The summed E-state index contributed by atoms with van der Waals surface area (Å²) in [5.41, 5.74) is 0. The Morgan fingerprint density at radius 2 is 1.12 bits per heavy atom. The molecule has 1 aliphatic rings. The van der Waals surface area contributed by atoms with Crippen LogP contribution in [0.4, 0.5) is 0 Å². The third-order valence-electron chi connectivity index (χ3n) is 2.73. The second-order valence-electron chi connectivity index (χ2n) is 17.0. The van der Waals surface area contributed by atoms with Crippen molar-refractivity contribution in [2.45, 2.75) is 65.4 Å². The van der Waals surface area contributed by atoms with E-state index in [1.807, 2.05) is 0 Å². The first kappa shape index (κ1) is 14.0. The van der Waals surface area contributed by atoms with E-state index in [-0.39, 0.29) is 0 Å². The number of hydrogen-bond acceptors (Lipinski definition) is 0. The van der Waals surface area contributed by atoms with Crippen LogP contribution >= 0.6 is 0 Å². The third kappa shape index (κ3) is 3.23. The van der Waals surface area contributed by atoms with Crippen LogP contribution in [-0.2, 0) is 5.20 Å². The van der Waals surface area contributed by atoms with Gasteiger partial charge < -0.3 is 0 Å². The zero-order valence-corrected chi connectivity index (χ0v) is 14.2. The van der Waals surface area contributed by atoms with Crippen molar-refractivity contribution in [2.75, 3.05) is 0 Å². The van der Waals surface area contributed by atoms with Crippen LogP contribution in [0.3, 0.4) is 0 Å². The van der Waals surface area contributed by atoms with Crippen molar-refractivity contribution >= 4 is 0 Å². The summed E-state index contributed by atoms with van der Waals surface area (Å²) in [5, 5.41) is -4.75. The van der Waals surface area contributed by atoms with Crippen molar-refractivity contribution in [3.05, 3.63) is 22.8 Å². The predicted molar refractivity (Wildman–Crippen MR) is 80.5 cm³/mol.